The van der Waals surface area contributed by atoms with Crippen molar-refractivity contribution in [3.05, 3.63) is 47.2 Å². The summed E-state index contributed by atoms with van der Waals surface area (Å²) in [6, 6.07) is 7.63. The first-order chi connectivity index (χ1) is 10.8. The van der Waals surface area contributed by atoms with Crippen LogP contribution in [-0.2, 0) is 16.8 Å². The summed E-state index contributed by atoms with van der Waals surface area (Å²) in [6.45, 7) is 6.24. The van der Waals surface area contributed by atoms with Crippen molar-refractivity contribution in [3.8, 4) is 17.7 Å². The van der Waals surface area contributed by atoms with Crippen LogP contribution in [0.2, 0.25) is 0 Å². The van der Waals surface area contributed by atoms with Crippen LogP contribution < -0.4 is 4.74 Å². The van der Waals surface area contributed by atoms with Gasteiger partial charge in [0.1, 0.15) is 29.0 Å². The first-order valence-electron chi connectivity index (χ1n) is 7.09. The molecule has 0 saturated heterocycles. The van der Waals surface area contributed by atoms with Gasteiger partial charge in [-0.15, -0.1) is 0 Å². The molecule has 0 aliphatic heterocycles. The molecule has 0 amide bonds. The predicted octanol–water partition coefficient (Wildman–Crippen LogP) is 3.72. The highest BCUT2D eigenvalue weighted by atomic mass is 19.1. The van der Waals surface area contributed by atoms with E-state index in [1.54, 1.807) is 19.2 Å². The van der Waals surface area contributed by atoms with Gasteiger partial charge in [-0.1, -0.05) is 26.8 Å². The molecule has 0 aliphatic rings. The zero-order valence-corrected chi connectivity index (χ0v) is 13.6. The minimum atomic E-state index is -0.632. The molecule has 2 aromatic rings. The molecule has 0 aliphatic carbocycles. The van der Waals surface area contributed by atoms with Gasteiger partial charge in [0.2, 0.25) is 5.88 Å². The third-order valence-corrected chi connectivity index (χ3v) is 3.02. The topological polar surface area (TPSA) is 68.0 Å². The van der Waals surface area contributed by atoms with Gasteiger partial charge in [0, 0.05) is 18.6 Å². The zero-order chi connectivity index (χ0) is 17.0. The number of aromatic nitrogens is 2. The third kappa shape index (κ3) is 4.02. The number of nitriles is 1. The van der Waals surface area contributed by atoms with Gasteiger partial charge in [0.05, 0.1) is 12.3 Å². The first-order valence-corrected chi connectivity index (χ1v) is 7.09. The Kier molecular flexibility index (Phi) is 4.92. The Hall–Kier alpha value is -2.52. The number of methoxy groups -OCH3 is 1. The van der Waals surface area contributed by atoms with E-state index in [1.165, 1.54) is 18.2 Å². The number of ether oxygens (including phenoxy) is 2. The Morgan fingerprint density at radius 2 is 2.00 bits per heavy atom. The maximum Gasteiger partial charge on any atom is 0.222 e. The smallest absolute Gasteiger partial charge is 0.222 e. The molecular formula is C17H18FN3O2. The normalized spacial score (nSPS) is 11.1. The molecule has 1 aromatic carbocycles. The first kappa shape index (κ1) is 16.8. The van der Waals surface area contributed by atoms with E-state index in [4.69, 9.17) is 14.7 Å². The molecule has 120 valence electrons. The van der Waals surface area contributed by atoms with E-state index in [0.717, 1.165) is 0 Å². The Morgan fingerprint density at radius 1 is 1.26 bits per heavy atom. The van der Waals surface area contributed by atoms with Gasteiger partial charge < -0.3 is 9.47 Å². The number of rotatable bonds is 4. The van der Waals surface area contributed by atoms with Crippen molar-refractivity contribution in [2.75, 3.05) is 7.11 Å². The second-order valence-electron chi connectivity index (χ2n) is 6.03. The summed E-state index contributed by atoms with van der Waals surface area (Å²) in [5.74, 6) is 0.317. The van der Waals surface area contributed by atoms with Crippen LogP contribution in [0.1, 0.15) is 37.9 Å². The van der Waals surface area contributed by atoms with E-state index in [0.29, 0.717) is 18.1 Å². The molecule has 2 rings (SSSR count). The molecule has 6 heteroatoms. The van der Waals surface area contributed by atoms with Crippen LogP contribution in [-0.4, -0.2) is 17.1 Å². The van der Waals surface area contributed by atoms with Gasteiger partial charge in [-0.3, -0.25) is 0 Å². The lowest BCUT2D eigenvalue weighted by molar-refractivity contribution is 0.180. The largest absolute Gasteiger partial charge is 0.437 e. The van der Waals surface area contributed by atoms with Gasteiger partial charge >= 0.3 is 0 Å². The fraction of sp³-hybridized carbons (Fsp3) is 0.353. The second-order valence-corrected chi connectivity index (χ2v) is 6.03. The SMILES string of the molecule is COCc1cc(Oc2cccc(F)c2C#N)nc(C(C)(C)C)n1. The molecule has 0 saturated carbocycles. The van der Waals surface area contributed by atoms with Gasteiger partial charge in [0.15, 0.2) is 0 Å². The maximum absolute atomic E-state index is 13.7. The Balaban J connectivity index is 2.46. The summed E-state index contributed by atoms with van der Waals surface area (Å²) in [5.41, 5.74) is 0.205. The van der Waals surface area contributed by atoms with Gasteiger partial charge in [-0.05, 0) is 12.1 Å². The Labute approximate surface area is 134 Å². The van der Waals surface area contributed by atoms with Crippen LogP contribution in [0.3, 0.4) is 0 Å². The van der Waals surface area contributed by atoms with Crippen LogP contribution in [0.4, 0.5) is 4.39 Å². The van der Waals surface area contributed by atoms with Crippen molar-refractivity contribution < 1.29 is 13.9 Å². The van der Waals surface area contributed by atoms with E-state index in [-0.39, 0.29) is 22.6 Å². The average Bonchev–Trinajstić information content (AvgIpc) is 2.47. The van der Waals surface area contributed by atoms with E-state index in [2.05, 4.69) is 9.97 Å². The molecule has 0 bridgehead atoms. The summed E-state index contributed by atoms with van der Waals surface area (Å²) in [6.07, 6.45) is 0. The molecule has 0 spiro atoms. The lowest BCUT2D eigenvalue weighted by Crippen LogP contribution is -2.17. The number of hydrogen-bond acceptors (Lipinski definition) is 5. The number of nitrogens with zero attached hydrogens (tertiary/aromatic N) is 3. The van der Waals surface area contributed by atoms with Crippen LogP contribution >= 0.6 is 0 Å². The summed E-state index contributed by atoms with van der Waals surface area (Å²) < 4.78 is 24.4. The number of hydrogen-bond donors (Lipinski definition) is 0. The number of halogens is 1. The minimum Gasteiger partial charge on any atom is -0.437 e. The highest BCUT2D eigenvalue weighted by Gasteiger charge is 2.20. The van der Waals surface area contributed by atoms with E-state index in [1.807, 2.05) is 20.8 Å². The maximum atomic E-state index is 13.7. The summed E-state index contributed by atoms with van der Waals surface area (Å²) in [7, 11) is 1.57. The van der Waals surface area contributed by atoms with Crippen molar-refractivity contribution >= 4 is 0 Å². The Bertz CT molecular complexity index is 748. The fourth-order valence-corrected chi connectivity index (χ4v) is 1.89. The quantitative estimate of drug-likeness (QED) is 0.860. The molecular weight excluding hydrogens is 297 g/mol. The van der Waals surface area contributed by atoms with E-state index >= 15 is 0 Å². The van der Waals surface area contributed by atoms with Crippen LogP contribution in [0.15, 0.2) is 24.3 Å². The van der Waals surface area contributed by atoms with Crippen molar-refractivity contribution in [2.45, 2.75) is 32.8 Å². The third-order valence-electron chi connectivity index (χ3n) is 3.02. The van der Waals surface area contributed by atoms with Gasteiger partial charge in [-0.25, -0.2) is 9.37 Å². The van der Waals surface area contributed by atoms with Gasteiger partial charge in [-0.2, -0.15) is 10.2 Å². The highest BCUT2D eigenvalue weighted by Crippen LogP contribution is 2.28. The lowest BCUT2D eigenvalue weighted by atomic mass is 9.95. The zero-order valence-electron chi connectivity index (χ0n) is 13.6. The minimum absolute atomic E-state index is 0.120. The number of benzene rings is 1. The standard InChI is InChI=1S/C17H18FN3O2/c1-17(2,3)16-20-11(10-22-4)8-15(21-16)23-14-7-5-6-13(18)12(14)9-19/h5-8H,10H2,1-4H3. The molecule has 0 fully saturated rings. The molecule has 0 atom stereocenters. The predicted molar refractivity (Wildman–Crippen MR) is 82.6 cm³/mol. The van der Waals surface area contributed by atoms with Crippen molar-refractivity contribution in [2.24, 2.45) is 0 Å². The molecule has 0 radical (unpaired) electrons. The van der Waals surface area contributed by atoms with Crippen molar-refractivity contribution in [1.82, 2.24) is 9.97 Å². The van der Waals surface area contributed by atoms with Crippen LogP contribution in [0.5, 0.6) is 11.6 Å². The average molecular weight is 315 g/mol. The molecule has 0 unspecified atom stereocenters. The summed E-state index contributed by atoms with van der Waals surface area (Å²) in [5, 5.41) is 9.08. The van der Waals surface area contributed by atoms with Crippen molar-refractivity contribution in [1.29, 1.82) is 5.26 Å². The summed E-state index contributed by atoms with van der Waals surface area (Å²) in [4.78, 5) is 8.81. The molecule has 0 N–H and O–H groups in total. The molecule has 1 heterocycles. The Morgan fingerprint density at radius 3 is 2.61 bits per heavy atom. The van der Waals surface area contributed by atoms with Crippen molar-refractivity contribution in [3.63, 3.8) is 0 Å². The lowest BCUT2D eigenvalue weighted by Gasteiger charge is -2.18. The second kappa shape index (κ2) is 6.71. The van der Waals surface area contributed by atoms with Crippen LogP contribution in [0, 0.1) is 17.1 Å². The fourth-order valence-electron chi connectivity index (χ4n) is 1.89. The highest BCUT2D eigenvalue weighted by molar-refractivity contribution is 5.45. The molecule has 23 heavy (non-hydrogen) atoms. The monoisotopic (exact) mass is 315 g/mol. The summed E-state index contributed by atoms with van der Waals surface area (Å²) >= 11 is 0. The van der Waals surface area contributed by atoms with Gasteiger partial charge in [0.25, 0.3) is 0 Å². The van der Waals surface area contributed by atoms with E-state index < -0.39 is 5.82 Å². The van der Waals surface area contributed by atoms with E-state index in [9.17, 15) is 4.39 Å². The van der Waals surface area contributed by atoms with Crippen LogP contribution in [0.25, 0.3) is 0 Å². The molecule has 5 nitrogen and oxygen atoms in total. The molecule has 1 aromatic heterocycles.